The van der Waals surface area contributed by atoms with Crippen LogP contribution in [0.2, 0.25) is 0 Å². The Kier molecular flexibility index (Phi) is 2.48. The number of nitrogens with one attached hydrogen (secondary N) is 1. The molecule has 2 fully saturated rings. The van der Waals surface area contributed by atoms with Gasteiger partial charge in [-0.25, -0.2) is 0 Å². The third kappa shape index (κ3) is 1.82. The van der Waals surface area contributed by atoms with Gasteiger partial charge in [0.25, 0.3) is 5.91 Å². The third-order valence-electron chi connectivity index (χ3n) is 3.17. The van der Waals surface area contributed by atoms with Gasteiger partial charge in [0.15, 0.2) is 5.11 Å². The highest BCUT2D eigenvalue weighted by atomic mass is 32.1. The molecule has 0 unspecified atom stereocenters. The lowest BCUT2D eigenvalue weighted by Crippen LogP contribution is -2.32. The maximum Gasteiger partial charge on any atom is 0.276 e. The molecule has 0 aromatic carbocycles. The molecule has 3 rings (SSSR count). The van der Waals surface area contributed by atoms with E-state index in [1.54, 1.807) is 9.58 Å². The Morgan fingerprint density at radius 2 is 2.28 bits per heavy atom. The van der Waals surface area contributed by atoms with Gasteiger partial charge in [-0.05, 0) is 38.1 Å². The molecule has 6 heteroatoms. The molecule has 2 aliphatic rings. The van der Waals surface area contributed by atoms with Gasteiger partial charge in [0, 0.05) is 24.8 Å². The van der Waals surface area contributed by atoms with Crippen LogP contribution in [0.1, 0.15) is 24.1 Å². The highest BCUT2D eigenvalue weighted by molar-refractivity contribution is 7.80. The summed E-state index contributed by atoms with van der Waals surface area (Å²) in [6, 6.07) is 0.304. The summed E-state index contributed by atoms with van der Waals surface area (Å²) in [6.45, 7) is 1.92. The minimum Gasteiger partial charge on any atom is -0.328 e. The van der Waals surface area contributed by atoms with Gasteiger partial charge in [0.2, 0.25) is 0 Å². The van der Waals surface area contributed by atoms with Gasteiger partial charge in [-0.15, -0.1) is 0 Å². The average Bonchev–Trinajstić information content (AvgIpc) is 3.00. The second kappa shape index (κ2) is 3.91. The van der Waals surface area contributed by atoms with Crippen molar-refractivity contribution in [1.29, 1.82) is 0 Å². The summed E-state index contributed by atoms with van der Waals surface area (Å²) in [5, 5.41) is 7.77. The van der Waals surface area contributed by atoms with Crippen LogP contribution in [0, 0.1) is 6.92 Å². The normalized spacial score (nSPS) is 21.9. The fourth-order valence-electron chi connectivity index (χ4n) is 2.13. The van der Waals surface area contributed by atoms with E-state index in [9.17, 15) is 4.79 Å². The first-order valence-electron chi connectivity index (χ1n) is 5.93. The van der Waals surface area contributed by atoms with Gasteiger partial charge in [-0.3, -0.25) is 14.4 Å². The van der Waals surface area contributed by atoms with Gasteiger partial charge in [0.05, 0.1) is 5.69 Å². The largest absolute Gasteiger partial charge is 0.328 e. The quantitative estimate of drug-likeness (QED) is 0.637. The summed E-state index contributed by atoms with van der Waals surface area (Å²) in [7, 11) is 1.86. The third-order valence-corrected chi connectivity index (χ3v) is 3.47. The predicted octanol–water partition coefficient (Wildman–Crippen LogP) is 0.949. The first-order valence-corrected chi connectivity index (χ1v) is 6.33. The number of amides is 1. The lowest BCUT2D eigenvalue weighted by atomic mass is 10.2. The van der Waals surface area contributed by atoms with E-state index in [1.165, 1.54) is 0 Å². The Morgan fingerprint density at radius 3 is 2.83 bits per heavy atom. The van der Waals surface area contributed by atoms with Crippen molar-refractivity contribution in [1.82, 2.24) is 20.0 Å². The maximum atomic E-state index is 12.2. The van der Waals surface area contributed by atoms with Gasteiger partial charge in [-0.2, -0.15) is 5.10 Å². The van der Waals surface area contributed by atoms with Crippen molar-refractivity contribution in [3.05, 3.63) is 23.2 Å². The molecular formula is C12H14N4OS. The van der Waals surface area contributed by atoms with Gasteiger partial charge in [-0.1, -0.05) is 0 Å². The molecule has 0 bridgehead atoms. The van der Waals surface area contributed by atoms with Crippen LogP contribution in [0.15, 0.2) is 11.9 Å². The van der Waals surface area contributed by atoms with E-state index >= 15 is 0 Å². The molecule has 0 spiro atoms. The van der Waals surface area contributed by atoms with E-state index in [0.717, 1.165) is 24.1 Å². The molecule has 94 valence electrons. The Bertz CT molecular complexity index is 571. The zero-order chi connectivity index (χ0) is 12.9. The number of aromatic nitrogens is 2. The molecule has 0 radical (unpaired) electrons. The molecule has 1 aromatic heterocycles. The molecule has 5 nitrogen and oxygen atoms in total. The zero-order valence-electron chi connectivity index (χ0n) is 10.3. The summed E-state index contributed by atoms with van der Waals surface area (Å²) in [6.07, 6.45) is 5.80. The SMILES string of the molecule is Cc1nn(C)cc1/C=C1/NC(=S)N(C2CC2)C1=O. The Labute approximate surface area is 110 Å². The van der Waals surface area contributed by atoms with Crippen LogP contribution in [-0.4, -0.2) is 31.7 Å². The zero-order valence-corrected chi connectivity index (χ0v) is 11.1. The van der Waals surface area contributed by atoms with E-state index < -0.39 is 0 Å². The average molecular weight is 262 g/mol. The molecule has 1 amide bonds. The van der Waals surface area contributed by atoms with Crippen LogP contribution in [-0.2, 0) is 11.8 Å². The molecule has 1 aliphatic carbocycles. The van der Waals surface area contributed by atoms with Gasteiger partial charge >= 0.3 is 0 Å². The highest BCUT2D eigenvalue weighted by Crippen LogP contribution is 2.30. The van der Waals surface area contributed by atoms with Crippen molar-refractivity contribution in [2.45, 2.75) is 25.8 Å². The van der Waals surface area contributed by atoms with Crippen molar-refractivity contribution in [3.8, 4) is 0 Å². The lowest BCUT2D eigenvalue weighted by molar-refractivity contribution is -0.122. The summed E-state index contributed by atoms with van der Waals surface area (Å²) >= 11 is 5.20. The number of carbonyl (C=O) groups is 1. The minimum absolute atomic E-state index is 0.0225. The van der Waals surface area contributed by atoms with Crippen molar-refractivity contribution in [2.75, 3.05) is 0 Å². The smallest absolute Gasteiger partial charge is 0.276 e. The van der Waals surface area contributed by atoms with E-state index in [2.05, 4.69) is 10.4 Å². The van der Waals surface area contributed by atoms with Crippen LogP contribution >= 0.6 is 12.2 Å². The number of nitrogens with zero attached hydrogens (tertiary/aromatic N) is 3. The number of hydrogen-bond donors (Lipinski definition) is 1. The van der Waals surface area contributed by atoms with Crippen LogP contribution in [0.25, 0.3) is 6.08 Å². The molecule has 1 saturated heterocycles. The monoisotopic (exact) mass is 262 g/mol. The van der Waals surface area contributed by atoms with Crippen molar-refractivity contribution < 1.29 is 4.79 Å². The number of rotatable bonds is 2. The van der Waals surface area contributed by atoms with Gasteiger partial charge in [0.1, 0.15) is 5.70 Å². The second-order valence-corrected chi connectivity index (χ2v) is 5.12. The number of carbonyl (C=O) groups excluding carboxylic acids is 1. The van der Waals surface area contributed by atoms with Crippen LogP contribution in [0.3, 0.4) is 0 Å². The molecule has 1 N–H and O–H groups in total. The highest BCUT2D eigenvalue weighted by Gasteiger charge is 2.41. The fraction of sp³-hybridized carbons (Fsp3) is 0.417. The summed E-state index contributed by atoms with van der Waals surface area (Å²) in [5.41, 5.74) is 2.38. The summed E-state index contributed by atoms with van der Waals surface area (Å²) in [5.74, 6) is -0.0225. The first-order chi connectivity index (χ1) is 8.56. The molecule has 2 heterocycles. The van der Waals surface area contributed by atoms with E-state index in [4.69, 9.17) is 12.2 Å². The van der Waals surface area contributed by atoms with Gasteiger partial charge < -0.3 is 5.32 Å². The summed E-state index contributed by atoms with van der Waals surface area (Å²) in [4.78, 5) is 13.9. The molecule has 1 aromatic rings. The Hall–Kier alpha value is -1.69. The number of aryl methyl sites for hydroxylation is 2. The second-order valence-electron chi connectivity index (χ2n) is 4.74. The predicted molar refractivity (Wildman–Crippen MR) is 71.5 cm³/mol. The van der Waals surface area contributed by atoms with E-state index in [1.807, 2.05) is 26.2 Å². The topological polar surface area (TPSA) is 50.2 Å². The van der Waals surface area contributed by atoms with Crippen molar-refractivity contribution >= 4 is 29.3 Å². The standard InChI is InChI=1S/C12H14N4OS/c1-7-8(6-15(2)14-7)5-10-11(17)16(9-3-4-9)12(18)13-10/h5-6,9H,3-4H2,1-2H3,(H,13,18)/b10-5+. The van der Waals surface area contributed by atoms with E-state index in [0.29, 0.717) is 16.9 Å². The minimum atomic E-state index is -0.0225. The Balaban J connectivity index is 1.91. The van der Waals surface area contributed by atoms with Crippen molar-refractivity contribution in [2.24, 2.45) is 7.05 Å². The van der Waals surface area contributed by atoms with E-state index in [-0.39, 0.29) is 5.91 Å². The number of thiocarbonyl (C=S) groups is 1. The fourth-order valence-corrected chi connectivity index (χ4v) is 2.47. The molecular weight excluding hydrogens is 248 g/mol. The lowest BCUT2D eigenvalue weighted by Gasteiger charge is -2.11. The first kappa shape index (κ1) is 11.4. The van der Waals surface area contributed by atoms with Crippen LogP contribution < -0.4 is 5.32 Å². The maximum absolute atomic E-state index is 12.2. The summed E-state index contributed by atoms with van der Waals surface area (Å²) < 4.78 is 1.73. The Morgan fingerprint density at radius 1 is 1.56 bits per heavy atom. The number of hydrogen-bond acceptors (Lipinski definition) is 3. The van der Waals surface area contributed by atoms with Crippen molar-refractivity contribution in [3.63, 3.8) is 0 Å². The molecule has 18 heavy (non-hydrogen) atoms. The molecule has 1 aliphatic heterocycles. The molecule has 0 atom stereocenters. The molecule has 1 saturated carbocycles. The van der Waals surface area contributed by atoms with Crippen LogP contribution in [0.4, 0.5) is 0 Å². The van der Waals surface area contributed by atoms with Crippen LogP contribution in [0.5, 0.6) is 0 Å².